The number of aromatic hydroxyl groups is 1. The molecule has 3 rings (SSSR count). The number of phenols is 1. The average Bonchev–Trinajstić information content (AvgIpc) is 2.79. The number of hydrazone groups is 1. The van der Waals surface area contributed by atoms with E-state index in [2.05, 4.69) is 15.8 Å². The molecule has 3 aromatic carbocycles. The first-order valence-corrected chi connectivity index (χ1v) is 10.6. The van der Waals surface area contributed by atoms with Gasteiger partial charge in [0.2, 0.25) is 0 Å². The van der Waals surface area contributed by atoms with Crippen LogP contribution in [-0.4, -0.2) is 61.8 Å². The van der Waals surface area contributed by atoms with Gasteiger partial charge in [0, 0.05) is 29.6 Å². The van der Waals surface area contributed by atoms with E-state index in [4.69, 9.17) is 16.3 Å². The SMILES string of the molecule is CN(C)CCNC(=O)COc1ccc(C=NNC(=O)c2ccc(O)c(Cl)c2)c2ccccc12. The van der Waals surface area contributed by atoms with Crippen LogP contribution < -0.4 is 15.5 Å². The number of fused-ring (bicyclic) bond motifs is 1. The average molecular weight is 469 g/mol. The Hall–Kier alpha value is -3.62. The molecule has 3 N–H and O–H groups in total. The van der Waals surface area contributed by atoms with Crippen LogP contribution in [0.3, 0.4) is 0 Å². The molecule has 0 bridgehead atoms. The maximum Gasteiger partial charge on any atom is 0.271 e. The van der Waals surface area contributed by atoms with Crippen molar-refractivity contribution in [2.75, 3.05) is 33.8 Å². The molecule has 0 aliphatic heterocycles. The van der Waals surface area contributed by atoms with Gasteiger partial charge in [-0.3, -0.25) is 9.59 Å². The Balaban J connectivity index is 1.67. The van der Waals surface area contributed by atoms with Gasteiger partial charge in [0.15, 0.2) is 6.61 Å². The van der Waals surface area contributed by atoms with Crippen molar-refractivity contribution in [3.63, 3.8) is 0 Å². The molecule has 9 heteroatoms. The number of hydrogen-bond acceptors (Lipinski definition) is 6. The smallest absolute Gasteiger partial charge is 0.271 e. The van der Waals surface area contributed by atoms with E-state index in [0.29, 0.717) is 12.3 Å². The molecule has 0 heterocycles. The standard InChI is InChI=1S/C24H25ClN4O4/c1-29(2)12-11-26-23(31)15-33-22-10-8-17(18-5-3-4-6-19(18)22)14-27-28-24(32)16-7-9-21(30)20(25)13-16/h3-10,13-14,30H,11-12,15H2,1-2H3,(H,26,31)(H,28,32). The Morgan fingerprint density at radius 3 is 2.61 bits per heavy atom. The van der Waals surface area contributed by atoms with Crippen molar-refractivity contribution in [1.29, 1.82) is 0 Å². The summed E-state index contributed by atoms with van der Waals surface area (Å²) in [5, 5.41) is 18.1. The van der Waals surface area contributed by atoms with Gasteiger partial charge in [-0.15, -0.1) is 0 Å². The number of carbonyl (C=O) groups excluding carboxylic acids is 2. The third kappa shape index (κ3) is 6.68. The summed E-state index contributed by atoms with van der Waals surface area (Å²) in [4.78, 5) is 26.3. The zero-order valence-electron chi connectivity index (χ0n) is 18.3. The number of halogens is 1. The van der Waals surface area contributed by atoms with Crippen molar-refractivity contribution in [1.82, 2.24) is 15.6 Å². The van der Waals surface area contributed by atoms with Gasteiger partial charge < -0.3 is 20.1 Å². The van der Waals surface area contributed by atoms with Gasteiger partial charge in [-0.1, -0.05) is 35.9 Å². The highest BCUT2D eigenvalue weighted by atomic mass is 35.5. The molecule has 3 aromatic rings. The molecule has 0 saturated heterocycles. The summed E-state index contributed by atoms with van der Waals surface area (Å²) in [6, 6.07) is 15.3. The van der Waals surface area contributed by atoms with Crippen LogP contribution in [0.1, 0.15) is 15.9 Å². The van der Waals surface area contributed by atoms with Gasteiger partial charge in [-0.25, -0.2) is 5.43 Å². The molecule has 0 atom stereocenters. The van der Waals surface area contributed by atoms with Crippen LogP contribution in [0.15, 0.2) is 59.7 Å². The Labute approximate surface area is 196 Å². The first-order chi connectivity index (χ1) is 15.8. The molecule has 33 heavy (non-hydrogen) atoms. The lowest BCUT2D eigenvalue weighted by Gasteiger charge is -2.12. The molecule has 0 aliphatic carbocycles. The van der Waals surface area contributed by atoms with E-state index in [1.165, 1.54) is 24.4 Å². The van der Waals surface area contributed by atoms with Crippen LogP contribution in [0.4, 0.5) is 0 Å². The fourth-order valence-corrected chi connectivity index (χ4v) is 3.20. The summed E-state index contributed by atoms with van der Waals surface area (Å²) in [7, 11) is 3.88. The quantitative estimate of drug-likeness (QED) is 0.331. The van der Waals surface area contributed by atoms with Gasteiger partial charge in [0.25, 0.3) is 11.8 Å². The van der Waals surface area contributed by atoms with Crippen LogP contribution in [0.2, 0.25) is 5.02 Å². The van der Waals surface area contributed by atoms with E-state index in [1.807, 2.05) is 43.3 Å². The van der Waals surface area contributed by atoms with Gasteiger partial charge in [0.1, 0.15) is 11.5 Å². The molecule has 0 saturated carbocycles. The maximum atomic E-state index is 12.3. The van der Waals surface area contributed by atoms with E-state index < -0.39 is 5.91 Å². The van der Waals surface area contributed by atoms with Crippen molar-refractivity contribution in [2.45, 2.75) is 0 Å². The van der Waals surface area contributed by atoms with Gasteiger partial charge in [0.05, 0.1) is 11.2 Å². The van der Waals surface area contributed by atoms with Crippen molar-refractivity contribution in [2.24, 2.45) is 5.10 Å². The maximum absolute atomic E-state index is 12.3. The van der Waals surface area contributed by atoms with Crippen molar-refractivity contribution in [3.8, 4) is 11.5 Å². The van der Waals surface area contributed by atoms with Gasteiger partial charge >= 0.3 is 0 Å². The highest BCUT2D eigenvalue weighted by Gasteiger charge is 2.10. The molecule has 0 fully saturated rings. The van der Waals surface area contributed by atoms with E-state index in [0.717, 1.165) is 22.9 Å². The van der Waals surface area contributed by atoms with Crippen molar-refractivity contribution >= 4 is 40.4 Å². The second-order valence-electron chi connectivity index (χ2n) is 7.51. The molecule has 0 unspecified atom stereocenters. The first kappa shape index (κ1) is 24.0. The van der Waals surface area contributed by atoms with Crippen LogP contribution in [0.25, 0.3) is 10.8 Å². The summed E-state index contributed by atoms with van der Waals surface area (Å²) in [5.74, 6) is -0.175. The summed E-state index contributed by atoms with van der Waals surface area (Å²) in [6.07, 6.45) is 1.53. The molecular weight excluding hydrogens is 444 g/mol. The third-order valence-electron chi connectivity index (χ3n) is 4.74. The monoisotopic (exact) mass is 468 g/mol. The van der Waals surface area contributed by atoms with Crippen molar-refractivity contribution < 1.29 is 19.4 Å². The van der Waals surface area contributed by atoms with Gasteiger partial charge in [-0.05, 0) is 49.8 Å². The summed E-state index contributed by atoms with van der Waals surface area (Å²) in [6.45, 7) is 1.21. The predicted molar refractivity (Wildman–Crippen MR) is 129 cm³/mol. The zero-order valence-corrected chi connectivity index (χ0v) is 19.1. The summed E-state index contributed by atoms with van der Waals surface area (Å²) in [5.41, 5.74) is 3.48. The largest absolute Gasteiger partial charge is 0.506 e. The fraction of sp³-hybridized carbons (Fsp3) is 0.208. The lowest BCUT2D eigenvalue weighted by atomic mass is 10.0. The van der Waals surface area contributed by atoms with Crippen LogP contribution in [-0.2, 0) is 4.79 Å². The van der Waals surface area contributed by atoms with E-state index >= 15 is 0 Å². The molecule has 0 aromatic heterocycles. The number of likely N-dealkylation sites (N-methyl/N-ethyl adjacent to an activating group) is 1. The molecule has 2 amide bonds. The molecule has 8 nitrogen and oxygen atoms in total. The lowest BCUT2D eigenvalue weighted by molar-refractivity contribution is -0.123. The number of ether oxygens (including phenoxy) is 1. The molecular formula is C24H25ClN4O4. The Kier molecular flexibility index (Phi) is 8.23. The minimum absolute atomic E-state index is 0.0830. The number of nitrogens with one attached hydrogen (secondary N) is 2. The number of rotatable bonds is 9. The number of nitrogens with zero attached hydrogens (tertiary/aromatic N) is 2. The number of benzene rings is 3. The topological polar surface area (TPSA) is 103 Å². The Morgan fingerprint density at radius 2 is 1.88 bits per heavy atom. The molecule has 0 spiro atoms. The minimum atomic E-state index is -0.460. The van der Waals surface area contributed by atoms with E-state index in [1.54, 1.807) is 12.1 Å². The molecule has 172 valence electrons. The van der Waals surface area contributed by atoms with Gasteiger partial charge in [-0.2, -0.15) is 5.10 Å². The van der Waals surface area contributed by atoms with Crippen LogP contribution in [0, 0.1) is 0 Å². The molecule has 0 radical (unpaired) electrons. The number of phenolic OH excluding ortho intramolecular Hbond substituents is 1. The van der Waals surface area contributed by atoms with Crippen LogP contribution >= 0.6 is 11.6 Å². The number of carbonyl (C=O) groups is 2. The predicted octanol–water partition coefficient (Wildman–Crippen LogP) is 3.02. The number of hydrogen-bond donors (Lipinski definition) is 3. The van der Waals surface area contributed by atoms with Crippen LogP contribution in [0.5, 0.6) is 11.5 Å². The highest BCUT2D eigenvalue weighted by Crippen LogP contribution is 2.28. The number of amides is 2. The summed E-state index contributed by atoms with van der Waals surface area (Å²) < 4.78 is 5.74. The second-order valence-corrected chi connectivity index (χ2v) is 7.91. The third-order valence-corrected chi connectivity index (χ3v) is 5.04. The minimum Gasteiger partial charge on any atom is -0.506 e. The highest BCUT2D eigenvalue weighted by molar-refractivity contribution is 6.32. The summed E-state index contributed by atoms with van der Waals surface area (Å²) >= 11 is 5.84. The first-order valence-electron chi connectivity index (χ1n) is 10.2. The fourth-order valence-electron chi connectivity index (χ4n) is 3.02. The zero-order chi connectivity index (χ0) is 23.8. The van der Waals surface area contributed by atoms with Crippen molar-refractivity contribution in [3.05, 3.63) is 70.7 Å². The Morgan fingerprint density at radius 1 is 1.12 bits per heavy atom. The van der Waals surface area contributed by atoms with E-state index in [9.17, 15) is 14.7 Å². The Bertz CT molecular complexity index is 1180. The normalized spacial score (nSPS) is 11.2. The lowest BCUT2D eigenvalue weighted by Crippen LogP contribution is -2.34. The molecule has 0 aliphatic rings. The van der Waals surface area contributed by atoms with E-state index in [-0.39, 0.29) is 28.8 Å². The second kappa shape index (κ2) is 11.3.